The number of nitrogens with zero attached hydrogens (tertiary/aromatic N) is 6. The Morgan fingerprint density at radius 3 is 2.83 bits per heavy atom. The molecule has 0 aliphatic heterocycles. The van der Waals surface area contributed by atoms with Crippen LogP contribution in [0.15, 0.2) is 37.3 Å². The van der Waals surface area contributed by atoms with Crippen LogP contribution >= 0.6 is 11.3 Å². The summed E-state index contributed by atoms with van der Waals surface area (Å²) in [6.45, 7) is 0.220. The fourth-order valence-corrected chi connectivity index (χ4v) is 3.12. The summed E-state index contributed by atoms with van der Waals surface area (Å²) in [6, 6.07) is 1.89. The lowest BCUT2D eigenvalue weighted by atomic mass is 10.3. The maximum Gasteiger partial charge on any atom is 0.332 e. The molecule has 0 aliphatic carbocycles. The molecule has 0 atom stereocenters. The molecule has 0 fully saturated rings. The van der Waals surface area contributed by atoms with E-state index in [1.807, 2.05) is 16.8 Å². The molecule has 122 valence electrons. The Labute approximate surface area is 138 Å². The minimum Gasteiger partial charge on any atom is -0.334 e. The third kappa shape index (κ3) is 2.11. The van der Waals surface area contributed by atoms with Crippen molar-refractivity contribution in [1.82, 2.24) is 28.8 Å². The van der Waals surface area contributed by atoms with Gasteiger partial charge < -0.3 is 9.09 Å². The van der Waals surface area contributed by atoms with E-state index >= 15 is 0 Å². The number of thiophene rings is 1. The molecule has 0 unspecified atom stereocenters. The Kier molecular flexibility index (Phi) is 3.20. The number of aryl methyl sites for hydroxylation is 1. The molecule has 0 saturated heterocycles. The second kappa shape index (κ2) is 5.27. The number of imidazole rings is 1. The summed E-state index contributed by atoms with van der Waals surface area (Å²) in [5.41, 5.74) is 0.669. The monoisotopic (exact) mass is 344 g/mol. The molecule has 0 radical (unpaired) electrons. The number of fused-ring (bicyclic) bond motifs is 1. The lowest BCUT2D eigenvalue weighted by Crippen LogP contribution is -2.37. The average Bonchev–Trinajstić information content (AvgIpc) is 3.31. The molecule has 0 aromatic carbocycles. The first-order valence-electron chi connectivity index (χ1n) is 7.02. The number of hydrogen-bond acceptors (Lipinski definition) is 7. The smallest absolute Gasteiger partial charge is 0.332 e. The zero-order chi connectivity index (χ0) is 16.8. The van der Waals surface area contributed by atoms with Crippen LogP contribution in [0.4, 0.5) is 0 Å². The zero-order valence-corrected chi connectivity index (χ0v) is 13.6. The lowest BCUT2D eigenvalue weighted by molar-refractivity contribution is 0.421. The van der Waals surface area contributed by atoms with E-state index in [2.05, 4.69) is 15.1 Å². The molecular formula is C14H12N6O3S. The lowest BCUT2D eigenvalue weighted by Gasteiger charge is -2.04. The summed E-state index contributed by atoms with van der Waals surface area (Å²) in [4.78, 5) is 32.8. The predicted octanol–water partition coefficient (Wildman–Crippen LogP) is 0.593. The van der Waals surface area contributed by atoms with Crippen molar-refractivity contribution in [3.63, 3.8) is 0 Å². The maximum atomic E-state index is 12.4. The van der Waals surface area contributed by atoms with Crippen molar-refractivity contribution in [3.8, 4) is 11.5 Å². The SMILES string of the molecule is Cn1c(=O)c2c(ncn2Cc2noc(-c3ccsc3)n2)n(C)c1=O. The minimum atomic E-state index is -0.419. The van der Waals surface area contributed by atoms with Crippen LogP contribution in [0.1, 0.15) is 5.82 Å². The second-order valence-electron chi connectivity index (χ2n) is 5.28. The van der Waals surface area contributed by atoms with Crippen LogP contribution in [0.2, 0.25) is 0 Å². The van der Waals surface area contributed by atoms with Crippen molar-refractivity contribution in [2.45, 2.75) is 6.54 Å². The molecule has 4 rings (SSSR count). The minimum absolute atomic E-state index is 0.220. The topological polar surface area (TPSA) is 101 Å². The van der Waals surface area contributed by atoms with Crippen LogP contribution in [0.5, 0.6) is 0 Å². The molecule has 0 N–H and O–H groups in total. The molecule has 0 aliphatic rings. The maximum absolute atomic E-state index is 12.4. The van der Waals surface area contributed by atoms with Crippen LogP contribution < -0.4 is 11.2 Å². The Morgan fingerprint density at radius 2 is 2.08 bits per heavy atom. The van der Waals surface area contributed by atoms with E-state index in [1.54, 1.807) is 11.6 Å². The summed E-state index contributed by atoms with van der Waals surface area (Å²) < 4.78 is 9.23. The highest BCUT2D eigenvalue weighted by Gasteiger charge is 2.16. The van der Waals surface area contributed by atoms with Gasteiger partial charge in [-0.1, -0.05) is 5.16 Å². The van der Waals surface area contributed by atoms with Crippen LogP contribution in [0.25, 0.3) is 22.6 Å². The standard InChI is InChI=1S/C14H12N6O3S/c1-18-11-10(13(21)19(2)14(18)22)20(7-15-11)5-9-16-12(23-17-9)8-3-4-24-6-8/h3-4,6-7H,5H2,1-2H3. The van der Waals surface area contributed by atoms with E-state index in [4.69, 9.17) is 4.52 Å². The summed E-state index contributed by atoms with van der Waals surface area (Å²) in [5.74, 6) is 0.849. The van der Waals surface area contributed by atoms with Gasteiger partial charge in [-0.2, -0.15) is 16.3 Å². The van der Waals surface area contributed by atoms with Gasteiger partial charge in [-0.15, -0.1) is 0 Å². The zero-order valence-electron chi connectivity index (χ0n) is 12.8. The second-order valence-corrected chi connectivity index (χ2v) is 6.06. The van der Waals surface area contributed by atoms with E-state index in [1.165, 1.54) is 29.3 Å². The number of hydrogen-bond donors (Lipinski definition) is 0. The fourth-order valence-electron chi connectivity index (χ4n) is 2.49. The van der Waals surface area contributed by atoms with Gasteiger partial charge >= 0.3 is 5.69 Å². The molecule has 10 heteroatoms. The molecule has 24 heavy (non-hydrogen) atoms. The van der Waals surface area contributed by atoms with Gasteiger partial charge in [-0.05, 0) is 11.4 Å². The third-order valence-electron chi connectivity index (χ3n) is 3.77. The third-order valence-corrected chi connectivity index (χ3v) is 4.45. The Hall–Kier alpha value is -3.01. The molecule has 9 nitrogen and oxygen atoms in total. The van der Waals surface area contributed by atoms with E-state index in [9.17, 15) is 9.59 Å². The van der Waals surface area contributed by atoms with Crippen LogP contribution in [-0.2, 0) is 20.6 Å². The largest absolute Gasteiger partial charge is 0.334 e. The molecule has 4 aromatic heterocycles. The van der Waals surface area contributed by atoms with Crippen LogP contribution in [0.3, 0.4) is 0 Å². The number of aromatic nitrogens is 6. The summed E-state index contributed by atoms with van der Waals surface area (Å²) >= 11 is 1.54. The van der Waals surface area contributed by atoms with Crippen molar-refractivity contribution in [1.29, 1.82) is 0 Å². The van der Waals surface area contributed by atoms with E-state index in [0.717, 1.165) is 10.1 Å². The first-order chi connectivity index (χ1) is 11.6. The molecule has 0 spiro atoms. The quantitative estimate of drug-likeness (QED) is 0.539. The van der Waals surface area contributed by atoms with Gasteiger partial charge in [0.25, 0.3) is 11.4 Å². The van der Waals surface area contributed by atoms with E-state index in [0.29, 0.717) is 22.9 Å². The Morgan fingerprint density at radius 1 is 1.25 bits per heavy atom. The van der Waals surface area contributed by atoms with Crippen molar-refractivity contribution >= 4 is 22.5 Å². The average molecular weight is 344 g/mol. The molecule has 0 bridgehead atoms. The van der Waals surface area contributed by atoms with Crippen molar-refractivity contribution in [2.75, 3.05) is 0 Å². The van der Waals surface area contributed by atoms with Gasteiger partial charge in [0, 0.05) is 19.5 Å². The predicted molar refractivity (Wildman–Crippen MR) is 86.9 cm³/mol. The van der Waals surface area contributed by atoms with Gasteiger partial charge in [0.1, 0.15) is 0 Å². The summed E-state index contributed by atoms with van der Waals surface area (Å²) in [5, 5.41) is 7.77. The van der Waals surface area contributed by atoms with Crippen molar-refractivity contribution in [2.24, 2.45) is 14.1 Å². The highest BCUT2D eigenvalue weighted by Crippen LogP contribution is 2.20. The highest BCUT2D eigenvalue weighted by molar-refractivity contribution is 7.08. The molecule has 4 heterocycles. The van der Waals surface area contributed by atoms with Crippen LogP contribution in [-0.4, -0.2) is 28.8 Å². The van der Waals surface area contributed by atoms with Crippen LogP contribution in [0, 0.1) is 0 Å². The molecule has 0 amide bonds. The van der Waals surface area contributed by atoms with E-state index < -0.39 is 11.2 Å². The number of rotatable bonds is 3. The van der Waals surface area contributed by atoms with E-state index in [-0.39, 0.29) is 6.54 Å². The van der Waals surface area contributed by atoms with Crippen molar-refractivity contribution in [3.05, 3.63) is 49.8 Å². The highest BCUT2D eigenvalue weighted by atomic mass is 32.1. The van der Waals surface area contributed by atoms with Gasteiger partial charge in [-0.3, -0.25) is 13.9 Å². The summed E-state index contributed by atoms with van der Waals surface area (Å²) in [6.07, 6.45) is 1.49. The van der Waals surface area contributed by atoms with Gasteiger partial charge in [0.15, 0.2) is 17.0 Å². The first-order valence-corrected chi connectivity index (χ1v) is 7.96. The molecule has 4 aromatic rings. The Bertz CT molecular complexity index is 1150. The molecular weight excluding hydrogens is 332 g/mol. The molecule has 0 saturated carbocycles. The van der Waals surface area contributed by atoms with Gasteiger partial charge in [-0.25, -0.2) is 9.78 Å². The Balaban J connectivity index is 1.79. The van der Waals surface area contributed by atoms with Gasteiger partial charge in [0.05, 0.1) is 18.4 Å². The first kappa shape index (κ1) is 14.6. The summed E-state index contributed by atoms with van der Waals surface area (Å²) in [7, 11) is 3.01. The normalized spacial score (nSPS) is 11.4. The fraction of sp³-hybridized carbons (Fsp3) is 0.214. The van der Waals surface area contributed by atoms with Crippen molar-refractivity contribution < 1.29 is 4.52 Å². The van der Waals surface area contributed by atoms with Gasteiger partial charge in [0.2, 0.25) is 0 Å².